The van der Waals surface area contributed by atoms with Gasteiger partial charge in [-0.15, -0.1) is 0 Å². The molecule has 220 valence electrons. The molecule has 2 aliphatic heterocycles. The average Bonchev–Trinajstić information content (AvgIpc) is 3.56. The van der Waals surface area contributed by atoms with Crippen LogP contribution in [0.5, 0.6) is 0 Å². The van der Waals surface area contributed by atoms with Crippen molar-refractivity contribution < 1.29 is 33.0 Å². The predicted octanol–water partition coefficient (Wildman–Crippen LogP) is 3.46. The summed E-state index contributed by atoms with van der Waals surface area (Å²) >= 11 is 0. The van der Waals surface area contributed by atoms with Crippen LogP contribution in [0.3, 0.4) is 0 Å². The van der Waals surface area contributed by atoms with Crippen LogP contribution in [0.2, 0.25) is 0 Å². The van der Waals surface area contributed by atoms with Crippen molar-refractivity contribution in [2.45, 2.75) is 44.4 Å². The number of carbonyl (C=O) groups excluding carboxylic acids is 2. The highest BCUT2D eigenvalue weighted by Crippen LogP contribution is 2.38. The number of benzene rings is 2. The number of aromatic nitrogens is 1. The number of fused-ring (bicyclic) bond motifs is 1. The Morgan fingerprint density at radius 3 is 2.55 bits per heavy atom. The van der Waals surface area contributed by atoms with Crippen LogP contribution in [0.4, 0.5) is 30.6 Å². The molecule has 3 N–H and O–H groups in total. The third kappa shape index (κ3) is 5.21. The number of carboxylic acid groups (broad SMARTS) is 1. The van der Waals surface area contributed by atoms with Gasteiger partial charge in [-0.05, 0) is 49.6 Å². The van der Waals surface area contributed by atoms with Crippen LogP contribution >= 0.6 is 0 Å². The Bertz CT molecular complexity index is 1670. The van der Waals surface area contributed by atoms with E-state index in [1.807, 2.05) is 4.90 Å². The molecule has 2 amide bonds. The molecule has 1 aliphatic carbocycles. The minimum absolute atomic E-state index is 0.0300. The van der Waals surface area contributed by atoms with Gasteiger partial charge >= 0.3 is 12.1 Å². The van der Waals surface area contributed by atoms with Crippen LogP contribution < -0.4 is 25.9 Å². The molecule has 1 saturated carbocycles. The SMILES string of the molecule is CC(=O)NC[C@H]1CN(c2ccc(N[C@@H]3CCN(c4cc5c(cc4F)c(=O)c(C(=O)O)cn5C4CC4)C3)c(F)c2)C(=O)O1. The minimum Gasteiger partial charge on any atom is -0.477 e. The molecule has 3 heterocycles. The summed E-state index contributed by atoms with van der Waals surface area (Å²) in [6.07, 6.45) is 2.47. The molecule has 2 saturated heterocycles. The Morgan fingerprint density at radius 1 is 1.07 bits per heavy atom. The molecule has 42 heavy (non-hydrogen) atoms. The van der Waals surface area contributed by atoms with Crippen molar-refractivity contribution in [1.82, 2.24) is 9.88 Å². The number of nitrogens with one attached hydrogen (secondary N) is 2. The first-order valence-electron chi connectivity index (χ1n) is 13.7. The highest BCUT2D eigenvalue weighted by molar-refractivity contribution is 5.94. The second-order valence-corrected chi connectivity index (χ2v) is 10.9. The Hall–Kier alpha value is -4.68. The molecule has 0 bridgehead atoms. The van der Waals surface area contributed by atoms with Crippen molar-refractivity contribution in [3.63, 3.8) is 0 Å². The second-order valence-electron chi connectivity index (χ2n) is 10.9. The number of anilines is 3. The van der Waals surface area contributed by atoms with Crippen LogP contribution in [0.1, 0.15) is 42.6 Å². The number of rotatable bonds is 8. The van der Waals surface area contributed by atoms with Gasteiger partial charge in [0, 0.05) is 43.7 Å². The van der Waals surface area contributed by atoms with Crippen molar-refractivity contribution in [2.75, 3.05) is 41.3 Å². The lowest BCUT2D eigenvalue weighted by molar-refractivity contribution is -0.119. The van der Waals surface area contributed by atoms with E-state index in [1.54, 1.807) is 16.7 Å². The Morgan fingerprint density at radius 2 is 1.86 bits per heavy atom. The van der Waals surface area contributed by atoms with Gasteiger partial charge in [-0.2, -0.15) is 0 Å². The van der Waals surface area contributed by atoms with Crippen LogP contribution in [0.25, 0.3) is 10.9 Å². The first kappa shape index (κ1) is 27.5. The van der Waals surface area contributed by atoms with Gasteiger partial charge in [-0.1, -0.05) is 0 Å². The second kappa shape index (κ2) is 10.6. The van der Waals surface area contributed by atoms with Gasteiger partial charge in [0.05, 0.1) is 35.7 Å². The third-order valence-electron chi connectivity index (χ3n) is 7.88. The quantitative estimate of drug-likeness (QED) is 0.369. The number of ether oxygens (including phenoxy) is 1. The van der Waals surface area contributed by atoms with E-state index in [-0.39, 0.29) is 47.7 Å². The molecule has 11 nitrogen and oxygen atoms in total. The molecule has 13 heteroatoms. The van der Waals surface area contributed by atoms with Crippen molar-refractivity contribution >= 4 is 45.9 Å². The Balaban J connectivity index is 1.17. The molecule has 1 aromatic heterocycles. The van der Waals surface area contributed by atoms with E-state index in [9.17, 15) is 24.3 Å². The monoisotopic (exact) mass is 581 g/mol. The highest BCUT2D eigenvalue weighted by Gasteiger charge is 2.33. The Labute approximate surface area is 238 Å². The van der Waals surface area contributed by atoms with Gasteiger partial charge < -0.3 is 29.9 Å². The smallest absolute Gasteiger partial charge is 0.414 e. The summed E-state index contributed by atoms with van der Waals surface area (Å²) in [6, 6.07) is 6.94. The van der Waals surface area contributed by atoms with Crippen molar-refractivity contribution in [1.29, 1.82) is 0 Å². The molecule has 6 rings (SSSR count). The third-order valence-corrected chi connectivity index (χ3v) is 7.88. The maximum Gasteiger partial charge on any atom is 0.414 e. The largest absolute Gasteiger partial charge is 0.477 e. The summed E-state index contributed by atoms with van der Waals surface area (Å²) in [7, 11) is 0. The van der Waals surface area contributed by atoms with Crippen LogP contribution in [-0.4, -0.2) is 66.0 Å². The van der Waals surface area contributed by atoms with E-state index in [1.165, 1.54) is 30.2 Å². The molecule has 3 aliphatic rings. The summed E-state index contributed by atoms with van der Waals surface area (Å²) in [4.78, 5) is 50.9. The molecule has 3 aromatic rings. The van der Waals surface area contributed by atoms with Crippen molar-refractivity contribution in [3.05, 3.63) is 63.9 Å². The van der Waals surface area contributed by atoms with E-state index < -0.39 is 35.2 Å². The van der Waals surface area contributed by atoms with Gasteiger partial charge in [0.25, 0.3) is 0 Å². The molecule has 0 radical (unpaired) electrons. The number of aromatic carboxylic acids is 1. The van der Waals surface area contributed by atoms with Gasteiger partial charge in [0.15, 0.2) is 0 Å². The fourth-order valence-electron chi connectivity index (χ4n) is 5.61. The zero-order chi connectivity index (χ0) is 29.7. The molecule has 2 aromatic carbocycles. The summed E-state index contributed by atoms with van der Waals surface area (Å²) < 4.78 is 37.4. The maximum absolute atomic E-state index is 15.3. The Kier molecular flexibility index (Phi) is 6.95. The highest BCUT2D eigenvalue weighted by atomic mass is 19.1. The maximum atomic E-state index is 15.3. The standard InChI is InChI=1S/C29H29F2N5O6/c1-15(37)32-11-19-13-36(29(41)42-19)18-4-5-24(22(30)8-18)33-16-6-7-34(12-16)26-10-25-20(9-23(26)31)27(38)21(28(39)40)14-35(25)17-2-3-17/h4-5,8-10,14,16-17,19,33H,2-3,6-7,11-13H2,1H3,(H,32,37)(H,39,40)/t16-,19+/m1/s1. The number of cyclic esters (lactones) is 1. The van der Waals surface area contributed by atoms with E-state index in [4.69, 9.17) is 4.74 Å². The summed E-state index contributed by atoms with van der Waals surface area (Å²) in [5.74, 6) is -2.78. The number of nitrogens with zero attached hydrogens (tertiary/aromatic N) is 3. The molecular formula is C29H29F2N5O6. The number of pyridine rings is 1. The van der Waals surface area contributed by atoms with E-state index >= 15 is 8.78 Å². The zero-order valence-electron chi connectivity index (χ0n) is 22.7. The lowest BCUT2D eigenvalue weighted by Gasteiger charge is -2.22. The van der Waals surface area contributed by atoms with E-state index in [0.717, 1.165) is 18.9 Å². The van der Waals surface area contributed by atoms with Gasteiger partial charge in [-0.3, -0.25) is 14.5 Å². The lowest BCUT2D eigenvalue weighted by Crippen LogP contribution is -2.33. The lowest BCUT2D eigenvalue weighted by atomic mass is 10.1. The molecular weight excluding hydrogens is 552 g/mol. The number of carbonyl (C=O) groups is 3. The average molecular weight is 582 g/mol. The zero-order valence-corrected chi connectivity index (χ0v) is 22.7. The van der Waals surface area contributed by atoms with Crippen LogP contribution in [0.15, 0.2) is 41.3 Å². The fraction of sp³-hybridized carbons (Fsp3) is 0.379. The summed E-state index contributed by atoms with van der Waals surface area (Å²) in [5, 5.41) is 15.3. The normalized spacial score (nSPS) is 20.2. The first-order valence-corrected chi connectivity index (χ1v) is 13.7. The van der Waals surface area contributed by atoms with Gasteiger partial charge in [0.2, 0.25) is 11.3 Å². The number of halogens is 2. The van der Waals surface area contributed by atoms with Gasteiger partial charge in [-0.25, -0.2) is 18.4 Å². The molecule has 0 spiro atoms. The number of amides is 2. The van der Waals surface area contributed by atoms with Crippen molar-refractivity contribution in [3.8, 4) is 0 Å². The number of carboxylic acids is 1. The van der Waals surface area contributed by atoms with Crippen molar-refractivity contribution in [2.24, 2.45) is 0 Å². The van der Waals surface area contributed by atoms with E-state index in [2.05, 4.69) is 10.6 Å². The topological polar surface area (TPSA) is 133 Å². The number of hydrogen-bond acceptors (Lipinski definition) is 7. The predicted molar refractivity (Wildman–Crippen MR) is 150 cm³/mol. The minimum atomic E-state index is -1.35. The van der Waals surface area contributed by atoms with E-state index in [0.29, 0.717) is 36.4 Å². The van der Waals surface area contributed by atoms with Crippen LogP contribution in [-0.2, 0) is 9.53 Å². The first-order chi connectivity index (χ1) is 20.1. The summed E-state index contributed by atoms with van der Waals surface area (Å²) in [6.45, 7) is 2.55. The number of hydrogen-bond donors (Lipinski definition) is 3. The molecule has 2 atom stereocenters. The van der Waals surface area contributed by atoms with Gasteiger partial charge in [0.1, 0.15) is 23.3 Å². The molecule has 0 unspecified atom stereocenters. The summed E-state index contributed by atoms with van der Waals surface area (Å²) in [5.41, 5.74) is 0.238. The fourth-order valence-corrected chi connectivity index (χ4v) is 5.61. The molecule has 3 fully saturated rings. The van der Waals surface area contributed by atoms with Crippen LogP contribution in [0, 0.1) is 11.6 Å².